The first kappa shape index (κ1) is 20.7. The Labute approximate surface area is 160 Å². The summed E-state index contributed by atoms with van der Waals surface area (Å²) >= 11 is 0. The van der Waals surface area contributed by atoms with Gasteiger partial charge < -0.3 is 0 Å². The van der Waals surface area contributed by atoms with E-state index in [1.165, 1.54) is 51.0 Å². The van der Waals surface area contributed by atoms with E-state index in [4.69, 9.17) is 0 Å². The molecule has 0 spiro atoms. The first-order valence-electron chi connectivity index (χ1n) is 10.7. The Balaban J connectivity index is 1.51. The molecule has 0 nitrogen and oxygen atoms in total. The van der Waals surface area contributed by atoms with E-state index < -0.39 is 17.6 Å². The summed E-state index contributed by atoms with van der Waals surface area (Å²) in [5, 5.41) is 0. The lowest BCUT2D eigenvalue weighted by Crippen LogP contribution is -2.25. The van der Waals surface area contributed by atoms with Gasteiger partial charge in [-0.05, 0) is 79.9 Å². The summed E-state index contributed by atoms with van der Waals surface area (Å²) in [7, 11) is 0. The van der Waals surface area contributed by atoms with Gasteiger partial charge in [0.25, 0.3) is 0 Å². The molecule has 2 aliphatic carbocycles. The lowest BCUT2D eigenvalue weighted by Gasteiger charge is -2.38. The smallest absolute Gasteiger partial charge is 0.207 e. The van der Waals surface area contributed by atoms with E-state index in [0.29, 0.717) is 11.6 Å². The van der Waals surface area contributed by atoms with Crippen LogP contribution in [-0.2, 0) is 6.18 Å². The van der Waals surface area contributed by atoms with Crippen LogP contribution in [0.25, 0.3) is 0 Å². The predicted octanol–water partition coefficient (Wildman–Crippen LogP) is 8.11. The van der Waals surface area contributed by atoms with Crippen molar-refractivity contribution in [2.75, 3.05) is 0 Å². The molecular formula is C23H32F4. The molecule has 0 atom stereocenters. The minimum atomic E-state index is -4.48. The second-order valence-electron chi connectivity index (χ2n) is 8.77. The van der Waals surface area contributed by atoms with Crippen LogP contribution in [0.1, 0.15) is 94.6 Å². The number of hydrogen-bond acceptors (Lipinski definition) is 0. The van der Waals surface area contributed by atoms with Crippen LogP contribution in [0.2, 0.25) is 0 Å². The molecule has 0 radical (unpaired) electrons. The van der Waals surface area contributed by atoms with Crippen molar-refractivity contribution >= 4 is 0 Å². The number of hydrogen-bond donors (Lipinski definition) is 0. The molecule has 0 unspecified atom stereocenters. The second-order valence-corrected chi connectivity index (χ2v) is 8.77. The minimum Gasteiger partial charge on any atom is -0.207 e. The second kappa shape index (κ2) is 8.96. The number of rotatable bonds is 5. The maximum absolute atomic E-state index is 14.3. The van der Waals surface area contributed by atoms with Crippen LogP contribution in [0.3, 0.4) is 0 Å². The topological polar surface area (TPSA) is 0 Å². The maximum Gasteiger partial charge on any atom is 0.416 e. The van der Waals surface area contributed by atoms with Crippen LogP contribution in [-0.4, -0.2) is 0 Å². The zero-order valence-corrected chi connectivity index (χ0v) is 16.3. The van der Waals surface area contributed by atoms with Crippen LogP contribution < -0.4 is 0 Å². The summed E-state index contributed by atoms with van der Waals surface area (Å²) < 4.78 is 52.4. The summed E-state index contributed by atoms with van der Waals surface area (Å²) in [6.45, 7) is 2.25. The Kier molecular flexibility index (Phi) is 6.86. The van der Waals surface area contributed by atoms with Gasteiger partial charge in [0.05, 0.1) is 5.56 Å². The monoisotopic (exact) mass is 384 g/mol. The molecule has 2 saturated carbocycles. The molecule has 0 N–H and O–H groups in total. The van der Waals surface area contributed by atoms with Crippen molar-refractivity contribution in [3.8, 4) is 0 Å². The highest BCUT2D eigenvalue weighted by Gasteiger charge is 2.34. The van der Waals surface area contributed by atoms with Gasteiger partial charge in [0.15, 0.2) is 0 Å². The van der Waals surface area contributed by atoms with Gasteiger partial charge in [-0.1, -0.05) is 45.1 Å². The third-order valence-electron chi connectivity index (χ3n) is 7.06. The number of unbranched alkanes of at least 4 members (excludes halogenated alkanes) is 1. The molecule has 2 fully saturated rings. The summed E-state index contributed by atoms with van der Waals surface area (Å²) in [6.07, 6.45) is 8.91. The fraction of sp³-hybridized carbons (Fsp3) is 0.739. The highest BCUT2D eigenvalue weighted by Crippen LogP contribution is 2.45. The van der Waals surface area contributed by atoms with Gasteiger partial charge in [-0.25, -0.2) is 4.39 Å². The van der Waals surface area contributed by atoms with E-state index in [-0.39, 0.29) is 5.92 Å². The molecule has 3 rings (SSSR count). The van der Waals surface area contributed by atoms with E-state index in [2.05, 4.69) is 6.92 Å². The van der Waals surface area contributed by atoms with Crippen LogP contribution in [0, 0.1) is 23.6 Å². The van der Waals surface area contributed by atoms with Crippen molar-refractivity contribution in [3.63, 3.8) is 0 Å². The van der Waals surface area contributed by atoms with Crippen LogP contribution in [0.5, 0.6) is 0 Å². The average Bonchev–Trinajstić information content (AvgIpc) is 2.66. The summed E-state index contributed by atoms with van der Waals surface area (Å²) in [5.41, 5.74) is -0.415. The van der Waals surface area contributed by atoms with Gasteiger partial charge in [0.2, 0.25) is 0 Å². The fourth-order valence-electron chi connectivity index (χ4n) is 5.38. The van der Waals surface area contributed by atoms with Crippen molar-refractivity contribution in [3.05, 3.63) is 35.1 Å². The van der Waals surface area contributed by atoms with Gasteiger partial charge in [0.1, 0.15) is 5.82 Å². The molecule has 152 valence electrons. The standard InChI is InChI=1S/C23H32F4/c1-2-3-4-16-5-7-17(8-6-16)18-9-11-19(12-10-18)21-14-13-20(15-22(21)24)23(25,26)27/h13-19H,2-12H2,1H3. The molecule has 0 bridgehead atoms. The highest BCUT2D eigenvalue weighted by atomic mass is 19.4. The van der Waals surface area contributed by atoms with Crippen molar-refractivity contribution in [1.82, 2.24) is 0 Å². The van der Waals surface area contributed by atoms with Crippen molar-refractivity contribution < 1.29 is 17.6 Å². The molecular weight excluding hydrogens is 352 g/mol. The first-order valence-corrected chi connectivity index (χ1v) is 10.7. The number of halogens is 4. The SMILES string of the molecule is CCCCC1CCC(C2CCC(c3ccc(C(F)(F)F)cc3F)CC2)CC1. The lowest BCUT2D eigenvalue weighted by atomic mass is 9.68. The lowest BCUT2D eigenvalue weighted by molar-refractivity contribution is -0.137. The Morgan fingerprint density at radius 1 is 0.889 bits per heavy atom. The fourth-order valence-corrected chi connectivity index (χ4v) is 5.38. The van der Waals surface area contributed by atoms with Crippen molar-refractivity contribution in [1.29, 1.82) is 0 Å². The van der Waals surface area contributed by atoms with Gasteiger partial charge in [0, 0.05) is 0 Å². The van der Waals surface area contributed by atoms with E-state index in [1.54, 1.807) is 0 Å². The Morgan fingerprint density at radius 2 is 1.48 bits per heavy atom. The first-order chi connectivity index (χ1) is 12.9. The summed E-state index contributed by atoms with van der Waals surface area (Å²) in [5.74, 6) is 1.83. The zero-order chi connectivity index (χ0) is 19.4. The molecule has 27 heavy (non-hydrogen) atoms. The normalized spacial score (nSPS) is 29.7. The summed E-state index contributed by atoms with van der Waals surface area (Å²) in [6, 6.07) is 3.06. The van der Waals surface area contributed by atoms with E-state index in [1.807, 2.05) is 0 Å². The average molecular weight is 385 g/mol. The quantitative estimate of drug-likeness (QED) is 0.450. The minimum absolute atomic E-state index is 0.0735. The predicted molar refractivity (Wildman–Crippen MR) is 101 cm³/mol. The molecule has 0 amide bonds. The molecule has 0 saturated heterocycles. The molecule has 0 heterocycles. The van der Waals surface area contributed by atoms with Crippen molar-refractivity contribution in [2.24, 2.45) is 17.8 Å². The van der Waals surface area contributed by atoms with Crippen LogP contribution in [0.4, 0.5) is 17.6 Å². The molecule has 2 aliphatic rings. The van der Waals surface area contributed by atoms with Crippen LogP contribution in [0.15, 0.2) is 18.2 Å². The molecule has 1 aromatic carbocycles. The van der Waals surface area contributed by atoms with E-state index in [9.17, 15) is 17.6 Å². The molecule has 4 heteroatoms. The third-order valence-corrected chi connectivity index (χ3v) is 7.06. The number of benzene rings is 1. The Hall–Kier alpha value is -1.06. The summed E-state index contributed by atoms with van der Waals surface area (Å²) in [4.78, 5) is 0. The van der Waals surface area contributed by atoms with Gasteiger partial charge >= 0.3 is 6.18 Å². The maximum atomic E-state index is 14.3. The van der Waals surface area contributed by atoms with Crippen molar-refractivity contribution in [2.45, 2.75) is 89.6 Å². The zero-order valence-electron chi connectivity index (χ0n) is 16.3. The van der Waals surface area contributed by atoms with E-state index >= 15 is 0 Å². The number of alkyl halides is 3. The van der Waals surface area contributed by atoms with E-state index in [0.717, 1.165) is 49.5 Å². The Bertz CT molecular complexity index is 591. The van der Waals surface area contributed by atoms with Gasteiger partial charge in [-0.15, -0.1) is 0 Å². The largest absolute Gasteiger partial charge is 0.416 e. The molecule has 0 aliphatic heterocycles. The van der Waals surface area contributed by atoms with Gasteiger partial charge in [-0.2, -0.15) is 13.2 Å². The third kappa shape index (κ3) is 5.26. The highest BCUT2D eigenvalue weighted by molar-refractivity contribution is 5.29. The molecule has 1 aromatic rings. The molecule has 0 aromatic heterocycles. The Morgan fingerprint density at radius 3 is 2.00 bits per heavy atom. The van der Waals surface area contributed by atoms with Crippen LogP contribution >= 0.6 is 0 Å². The van der Waals surface area contributed by atoms with Gasteiger partial charge in [-0.3, -0.25) is 0 Å².